The highest BCUT2D eigenvalue weighted by Gasteiger charge is 2.29. The fourth-order valence-corrected chi connectivity index (χ4v) is 3.35. The lowest BCUT2D eigenvalue weighted by Crippen LogP contribution is -2.35. The lowest BCUT2D eigenvalue weighted by atomic mass is 9.95. The lowest BCUT2D eigenvalue weighted by Gasteiger charge is -2.25. The zero-order valence-corrected chi connectivity index (χ0v) is 13.3. The molecule has 1 saturated carbocycles. The van der Waals surface area contributed by atoms with Crippen LogP contribution in [0, 0.1) is 0 Å². The molecule has 1 aromatic rings. The molecule has 1 unspecified atom stereocenters. The molecule has 0 spiro atoms. The van der Waals surface area contributed by atoms with E-state index in [1.54, 1.807) is 12.1 Å². The molecule has 1 heterocycles. The van der Waals surface area contributed by atoms with Crippen LogP contribution in [0.3, 0.4) is 0 Å². The van der Waals surface area contributed by atoms with Crippen LogP contribution >= 0.6 is 0 Å². The molecule has 1 aliphatic carbocycles. The molecule has 2 N–H and O–H groups in total. The second kappa shape index (κ2) is 6.53. The first-order chi connectivity index (χ1) is 10.7. The van der Waals surface area contributed by atoms with Crippen LogP contribution in [-0.4, -0.2) is 28.5 Å². The van der Waals surface area contributed by atoms with Crippen LogP contribution in [0.4, 0.5) is 0 Å². The van der Waals surface area contributed by atoms with E-state index in [1.807, 2.05) is 18.3 Å². The second-order valence-corrected chi connectivity index (χ2v) is 6.44. The zero-order valence-electron chi connectivity index (χ0n) is 13.3. The van der Waals surface area contributed by atoms with Crippen molar-refractivity contribution < 1.29 is 9.70 Å². The predicted octanol–water partition coefficient (Wildman–Crippen LogP) is 3.49. The molecule has 22 heavy (non-hydrogen) atoms. The first-order valence-corrected chi connectivity index (χ1v) is 8.39. The van der Waals surface area contributed by atoms with Gasteiger partial charge >= 0.3 is 0 Å². The van der Waals surface area contributed by atoms with E-state index in [0.717, 1.165) is 18.8 Å². The first kappa shape index (κ1) is 15.1. The van der Waals surface area contributed by atoms with Gasteiger partial charge in [-0.15, -0.1) is 0 Å². The Hall–Kier alpha value is -1.81. The zero-order chi connectivity index (χ0) is 15.4. The van der Waals surface area contributed by atoms with E-state index in [2.05, 4.69) is 18.4 Å². The molecule has 2 aliphatic rings. The number of phenolic OH excluding ortho intramolecular Hbond substituents is 1. The smallest absolute Gasteiger partial charge is 0.148 e. The summed E-state index contributed by atoms with van der Waals surface area (Å²) in [6.07, 6.45) is 10.8. The molecule has 0 aromatic heterocycles. The summed E-state index contributed by atoms with van der Waals surface area (Å²) in [5.74, 6) is 0.312. The summed E-state index contributed by atoms with van der Waals surface area (Å²) >= 11 is 0. The number of benzene rings is 1. The highest BCUT2D eigenvalue weighted by Crippen LogP contribution is 2.24. The largest absolute Gasteiger partial charge is 0.508 e. The summed E-state index contributed by atoms with van der Waals surface area (Å²) in [5, 5.41) is 17.8. The number of hydrogen-bond donors (Lipinski definition) is 2. The Balaban J connectivity index is 1.68. The average molecular weight is 300 g/mol. The van der Waals surface area contributed by atoms with Crippen LogP contribution in [0.15, 0.2) is 41.3 Å². The van der Waals surface area contributed by atoms with Crippen molar-refractivity contribution >= 4 is 6.21 Å². The minimum atomic E-state index is 0.312. The highest BCUT2D eigenvalue weighted by atomic mass is 16.3. The SMILES string of the molecule is CC[N+]1(Cc2ccc(O)cc2)C=C(NC2CCCCC2)C=N1. The summed E-state index contributed by atoms with van der Waals surface area (Å²) in [6.45, 7) is 3.91. The van der Waals surface area contributed by atoms with Gasteiger partial charge in [0, 0.05) is 11.6 Å². The summed E-state index contributed by atoms with van der Waals surface area (Å²) in [4.78, 5) is 0. The number of rotatable bonds is 5. The molecule has 1 aromatic carbocycles. The van der Waals surface area contributed by atoms with Crippen molar-refractivity contribution in [1.82, 2.24) is 5.32 Å². The highest BCUT2D eigenvalue weighted by molar-refractivity contribution is 5.78. The number of nitrogens with zero attached hydrogens (tertiary/aromatic N) is 2. The number of phenols is 1. The average Bonchev–Trinajstić information content (AvgIpc) is 2.94. The van der Waals surface area contributed by atoms with Gasteiger partial charge in [0.25, 0.3) is 0 Å². The van der Waals surface area contributed by atoms with E-state index in [0.29, 0.717) is 16.4 Å². The van der Waals surface area contributed by atoms with Gasteiger partial charge in [-0.2, -0.15) is 4.59 Å². The van der Waals surface area contributed by atoms with Gasteiger partial charge in [0.05, 0.1) is 0 Å². The van der Waals surface area contributed by atoms with E-state index in [9.17, 15) is 5.11 Å². The molecule has 1 atom stereocenters. The molecule has 3 rings (SSSR count). The summed E-state index contributed by atoms with van der Waals surface area (Å²) in [5.41, 5.74) is 2.35. The Bertz CT molecular complexity index is 558. The van der Waals surface area contributed by atoms with Gasteiger partial charge in [-0.25, -0.2) is 0 Å². The maximum Gasteiger partial charge on any atom is 0.148 e. The topological polar surface area (TPSA) is 44.6 Å². The van der Waals surface area contributed by atoms with Crippen LogP contribution in [0.25, 0.3) is 0 Å². The van der Waals surface area contributed by atoms with Gasteiger partial charge in [0.15, 0.2) is 0 Å². The lowest BCUT2D eigenvalue weighted by molar-refractivity contribution is -0.895. The molecular weight excluding hydrogens is 274 g/mol. The van der Waals surface area contributed by atoms with Crippen molar-refractivity contribution in [3.63, 3.8) is 0 Å². The van der Waals surface area contributed by atoms with Crippen molar-refractivity contribution in [2.75, 3.05) is 6.54 Å². The second-order valence-electron chi connectivity index (χ2n) is 6.44. The molecule has 0 amide bonds. The summed E-state index contributed by atoms with van der Waals surface area (Å²) in [7, 11) is 0. The van der Waals surface area contributed by atoms with E-state index in [-0.39, 0.29) is 0 Å². The van der Waals surface area contributed by atoms with E-state index < -0.39 is 0 Å². The number of hydrogen-bond acceptors (Lipinski definition) is 3. The van der Waals surface area contributed by atoms with Crippen LogP contribution in [0.5, 0.6) is 5.75 Å². The summed E-state index contributed by atoms with van der Waals surface area (Å²) in [6, 6.07) is 8.04. The van der Waals surface area contributed by atoms with Crippen LogP contribution in [0.2, 0.25) is 0 Å². The van der Waals surface area contributed by atoms with Crippen molar-refractivity contribution in [3.8, 4) is 5.75 Å². The van der Waals surface area contributed by atoms with Crippen molar-refractivity contribution in [3.05, 3.63) is 41.7 Å². The third kappa shape index (κ3) is 3.50. The maximum atomic E-state index is 9.41. The quantitative estimate of drug-likeness (QED) is 0.818. The van der Waals surface area contributed by atoms with E-state index in [1.165, 1.54) is 37.7 Å². The molecule has 4 heteroatoms. The van der Waals surface area contributed by atoms with Crippen molar-refractivity contribution in [2.45, 2.75) is 51.6 Å². The molecule has 118 valence electrons. The third-order valence-corrected chi connectivity index (χ3v) is 4.72. The minimum absolute atomic E-state index is 0.312. The van der Waals surface area contributed by atoms with Crippen LogP contribution in [-0.2, 0) is 6.54 Å². The van der Waals surface area contributed by atoms with Gasteiger partial charge < -0.3 is 10.4 Å². The third-order valence-electron chi connectivity index (χ3n) is 4.72. The fourth-order valence-electron chi connectivity index (χ4n) is 3.35. The van der Waals surface area contributed by atoms with Gasteiger partial charge in [0.2, 0.25) is 0 Å². The predicted molar refractivity (Wildman–Crippen MR) is 89.2 cm³/mol. The minimum Gasteiger partial charge on any atom is -0.508 e. The number of quaternary nitrogens is 1. The number of aromatic hydroxyl groups is 1. The van der Waals surface area contributed by atoms with Crippen LogP contribution < -0.4 is 5.32 Å². The Labute approximate surface area is 132 Å². The van der Waals surface area contributed by atoms with E-state index in [4.69, 9.17) is 5.10 Å². The van der Waals surface area contributed by atoms with E-state index >= 15 is 0 Å². The Morgan fingerprint density at radius 1 is 1.18 bits per heavy atom. The molecular formula is C18H26N3O+. The van der Waals surface area contributed by atoms with Gasteiger partial charge in [0.1, 0.15) is 37.0 Å². The molecule has 4 nitrogen and oxygen atoms in total. The molecule has 1 aliphatic heterocycles. The monoisotopic (exact) mass is 300 g/mol. The molecule has 1 fully saturated rings. The normalized spacial score (nSPS) is 25.2. The molecule has 0 radical (unpaired) electrons. The molecule has 0 saturated heterocycles. The number of nitrogens with one attached hydrogen (secondary N) is 1. The Kier molecular flexibility index (Phi) is 4.48. The molecule has 0 bridgehead atoms. The van der Waals surface area contributed by atoms with Gasteiger partial charge in [-0.1, -0.05) is 24.4 Å². The standard InChI is InChI=1S/C18H25N3O/c1-2-21(13-15-8-10-18(22)11-9-15)14-17(12-19-21)20-16-6-4-3-5-7-16/h8-12,14,16,20H,2-7,13H2,1H3/p+1. The Morgan fingerprint density at radius 2 is 1.91 bits per heavy atom. The Morgan fingerprint density at radius 3 is 2.59 bits per heavy atom. The van der Waals surface area contributed by atoms with Crippen LogP contribution in [0.1, 0.15) is 44.6 Å². The van der Waals surface area contributed by atoms with Gasteiger partial charge in [-0.05, 0) is 44.0 Å². The van der Waals surface area contributed by atoms with Gasteiger partial charge in [-0.3, -0.25) is 0 Å². The first-order valence-electron chi connectivity index (χ1n) is 8.39. The van der Waals surface area contributed by atoms with Crippen molar-refractivity contribution in [2.24, 2.45) is 5.10 Å². The maximum absolute atomic E-state index is 9.41. The summed E-state index contributed by atoms with van der Waals surface area (Å²) < 4.78 is 0.597. The van der Waals surface area contributed by atoms with Crippen molar-refractivity contribution in [1.29, 1.82) is 0 Å². The fraction of sp³-hybridized carbons (Fsp3) is 0.500. The number of allylic oxidation sites excluding steroid dienone is 1.